The van der Waals surface area contributed by atoms with Crippen LogP contribution in [-0.4, -0.2) is 5.92 Å². The summed E-state index contributed by atoms with van der Waals surface area (Å²) in [6.45, 7) is 0. The summed E-state index contributed by atoms with van der Waals surface area (Å²) < 4.78 is 24.5. The zero-order chi connectivity index (χ0) is 8.54. The molecule has 2 fully saturated rings. The molecule has 4 heteroatoms. The molecule has 0 saturated heterocycles. The third-order valence-electron chi connectivity index (χ3n) is 2.42. The molecule has 0 aromatic rings. The molecule has 11 heavy (non-hydrogen) atoms. The van der Waals surface area contributed by atoms with E-state index >= 15 is 0 Å². The molecular weight excluding hydrogens is 223 g/mol. The molecule has 0 heterocycles. The summed E-state index contributed by atoms with van der Waals surface area (Å²) in [6, 6.07) is 0. The van der Waals surface area contributed by atoms with Crippen LogP contribution in [0, 0.1) is 11.8 Å². The van der Waals surface area contributed by atoms with Gasteiger partial charge in [-0.2, -0.15) is 12.8 Å². The predicted molar refractivity (Wildman–Crippen MR) is 36.0 cm³/mol. The first kappa shape index (κ1) is 9.86. The third kappa shape index (κ3) is 1.92. The molecule has 0 N–H and O–H groups in total. The fraction of sp³-hybridized carbons (Fsp3) is 0.857. The SMILES string of the molecule is FC1(F)CC2(C[CH-]C2)C1.[Cl][Zn+]. The summed E-state index contributed by atoms with van der Waals surface area (Å²) in [6.07, 6.45) is 4.26. The van der Waals surface area contributed by atoms with Crippen LogP contribution in [0.15, 0.2) is 0 Å². The van der Waals surface area contributed by atoms with Crippen molar-refractivity contribution in [3.05, 3.63) is 6.42 Å². The van der Waals surface area contributed by atoms with Crippen molar-refractivity contribution in [3.63, 3.8) is 0 Å². The minimum atomic E-state index is -2.31. The van der Waals surface area contributed by atoms with Gasteiger partial charge in [0.05, 0.1) is 0 Å². The Kier molecular flexibility index (Phi) is 2.92. The molecule has 2 aliphatic carbocycles. The Morgan fingerprint density at radius 2 is 1.64 bits per heavy atom. The van der Waals surface area contributed by atoms with Crippen LogP contribution in [0.1, 0.15) is 25.7 Å². The second-order valence-corrected chi connectivity index (χ2v) is 3.41. The topological polar surface area (TPSA) is 0 Å². The van der Waals surface area contributed by atoms with E-state index in [1.54, 1.807) is 0 Å². The van der Waals surface area contributed by atoms with Gasteiger partial charge in [0.25, 0.3) is 0 Å². The van der Waals surface area contributed by atoms with E-state index in [9.17, 15) is 8.78 Å². The van der Waals surface area contributed by atoms with Gasteiger partial charge in [-0.05, 0) is 0 Å². The van der Waals surface area contributed by atoms with E-state index in [0.29, 0.717) is 0 Å². The Bertz CT molecular complexity index is 135. The van der Waals surface area contributed by atoms with E-state index in [-0.39, 0.29) is 18.3 Å². The number of alkyl halides is 2. The predicted octanol–water partition coefficient (Wildman–Crippen LogP) is 3.09. The van der Waals surface area contributed by atoms with Crippen LogP contribution in [0.4, 0.5) is 8.78 Å². The van der Waals surface area contributed by atoms with Gasteiger partial charge in [0, 0.05) is 12.8 Å². The summed E-state index contributed by atoms with van der Waals surface area (Å²) in [5.41, 5.74) is 0.0729. The van der Waals surface area contributed by atoms with Gasteiger partial charge < -0.3 is 6.42 Å². The molecule has 0 aliphatic heterocycles. The molecule has 2 rings (SSSR count). The van der Waals surface area contributed by atoms with Crippen molar-refractivity contribution in [1.82, 2.24) is 0 Å². The first-order valence-corrected chi connectivity index (χ1v) is 7.48. The Hall–Kier alpha value is 0.773. The maximum atomic E-state index is 12.2. The number of hydrogen-bond acceptors (Lipinski definition) is 0. The Morgan fingerprint density at radius 1 is 1.18 bits per heavy atom. The van der Waals surface area contributed by atoms with E-state index in [2.05, 4.69) is 6.42 Å². The Labute approximate surface area is 79.4 Å². The second kappa shape index (κ2) is 3.26. The summed E-state index contributed by atoms with van der Waals surface area (Å²) in [5, 5.41) is 0. The van der Waals surface area contributed by atoms with E-state index < -0.39 is 5.92 Å². The van der Waals surface area contributed by atoms with Gasteiger partial charge in [-0.1, -0.05) is 5.41 Å². The molecule has 0 aromatic heterocycles. The number of halogens is 3. The zero-order valence-electron chi connectivity index (χ0n) is 6.25. The van der Waals surface area contributed by atoms with Crippen LogP contribution in [0.5, 0.6) is 0 Å². The van der Waals surface area contributed by atoms with Crippen molar-refractivity contribution in [2.75, 3.05) is 0 Å². The van der Waals surface area contributed by atoms with Gasteiger partial charge in [-0.15, -0.1) is 0 Å². The summed E-state index contributed by atoms with van der Waals surface area (Å²) >= 11 is 0.847. The molecular formula is C7H9ClF2Zn. The molecule has 1 spiro atoms. The van der Waals surface area contributed by atoms with Gasteiger partial charge in [0.1, 0.15) is 0 Å². The van der Waals surface area contributed by atoms with Gasteiger partial charge in [0.15, 0.2) is 0 Å². The van der Waals surface area contributed by atoms with Crippen molar-refractivity contribution in [2.24, 2.45) is 5.41 Å². The van der Waals surface area contributed by atoms with Crippen molar-refractivity contribution < 1.29 is 26.1 Å². The van der Waals surface area contributed by atoms with Crippen LogP contribution in [0.25, 0.3) is 0 Å². The van der Waals surface area contributed by atoms with E-state index in [4.69, 9.17) is 9.69 Å². The van der Waals surface area contributed by atoms with Crippen molar-refractivity contribution in [1.29, 1.82) is 0 Å². The fourth-order valence-corrected chi connectivity index (χ4v) is 1.89. The van der Waals surface area contributed by atoms with Crippen LogP contribution in [0.3, 0.4) is 0 Å². The maximum absolute atomic E-state index is 12.2. The normalized spacial score (nSPS) is 29.5. The monoisotopic (exact) mass is 230 g/mol. The van der Waals surface area contributed by atoms with E-state index in [1.807, 2.05) is 0 Å². The third-order valence-corrected chi connectivity index (χ3v) is 2.42. The second-order valence-electron chi connectivity index (χ2n) is 3.41. The molecule has 0 atom stereocenters. The molecule has 0 amide bonds. The molecule has 2 aliphatic rings. The average molecular weight is 232 g/mol. The standard InChI is InChI=1S/C7H9F2.ClH.Zn/c8-7(9)4-6(5-7)2-1-3-6;;/h1H,2-5H2;1H;/q-1;;+2/p-1. The minimum absolute atomic E-state index is 0.0729. The molecule has 0 radical (unpaired) electrons. The van der Waals surface area contributed by atoms with E-state index in [0.717, 1.165) is 30.2 Å². The van der Waals surface area contributed by atoms with Crippen LogP contribution in [0.2, 0.25) is 0 Å². The van der Waals surface area contributed by atoms with Gasteiger partial charge >= 0.3 is 27.0 Å². The Balaban J connectivity index is 0.000000281. The molecule has 0 aromatic carbocycles. The number of hydrogen-bond donors (Lipinski definition) is 0. The fourth-order valence-electron chi connectivity index (χ4n) is 1.89. The van der Waals surface area contributed by atoms with Crippen molar-refractivity contribution in [2.45, 2.75) is 31.6 Å². The summed E-state index contributed by atoms with van der Waals surface area (Å²) in [7, 11) is 4.76. The van der Waals surface area contributed by atoms with Gasteiger partial charge in [-0.3, -0.25) is 0 Å². The first-order chi connectivity index (χ1) is 5.12. The van der Waals surface area contributed by atoms with Gasteiger partial charge in [-0.25, -0.2) is 8.78 Å². The van der Waals surface area contributed by atoms with Gasteiger partial charge in [0.2, 0.25) is 5.92 Å². The molecule has 0 unspecified atom stereocenters. The molecule has 0 nitrogen and oxygen atoms in total. The Morgan fingerprint density at radius 3 is 1.73 bits per heavy atom. The van der Waals surface area contributed by atoms with Crippen molar-refractivity contribution >= 4 is 9.69 Å². The molecule has 60 valence electrons. The van der Waals surface area contributed by atoms with E-state index in [1.165, 1.54) is 0 Å². The van der Waals surface area contributed by atoms with Crippen molar-refractivity contribution in [3.8, 4) is 0 Å². The quantitative estimate of drug-likeness (QED) is 0.444. The van der Waals surface area contributed by atoms with Crippen LogP contribution < -0.4 is 0 Å². The molecule has 2 saturated carbocycles. The summed E-state index contributed by atoms with van der Waals surface area (Å²) in [4.78, 5) is 0. The van der Waals surface area contributed by atoms with Crippen LogP contribution >= 0.6 is 9.69 Å². The number of rotatable bonds is 0. The summed E-state index contributed by atoms with van der Waals surface area (Å²) in [5.74, 6) is -2.31. The molecule has 0 bridgehead atoms. The zero-order valence-corrected chi connectivity index (χ0v) is 9.97. The van der Waals surface area contributed by atoms with Crippen LogP contribution in [-0.2, 0) is 17.3 Å². The average Bonchev–Trinajstić information content (AvgIpc) is 1.83. The first-order valence-electron chi connectivity index (χ1n) is 3.58.